The fraction of sp³-hybridized carbons (Fsp3) is 0.0526. The van der Waals surface area contributed by atoms with Crippen molar-refractivity contribution in [3.05, 3.63) is 90.1 Å². The van der Waals surface area contributed by atoms with Crippen LogP contribution in [-0.4, -0.2) is 0 Å². The summed E-state index contributed by atoms with van der Waals surface area (Å²) in [6.45, 7) is 0.788. The van der Waals surface area contributed by atoms with Crippen molar-refractivity contribution in [2.24, 2.45) is 0 Å². The third-order valence-corrected chi connectivity index (χ3v) is 3.45. The lowest BCUT2D eigenvalue weighted by molar-refractivity contribution is -0.677. The molecule has 22 heavy (non-hydrogen) atoms. The van der Waals surface area contributed by atoms with Gasteiger partial charge in [0, 0.05) is 23.3 Å². The average Bonchev–Trinajstić information content (AvgIpc) is 2.57. The quantitative estimate of drug-likeness (QED) is 0.634. The molecule has 0 amide bonds. The number of pyridine rings is 1. The Morgan fingerprint density at radius 1 is 0.818 bits per heavy atom. The highest BCUT2D eigenvalue weighted by atomic mass is 79.9. The van der Waals surface area contributed by atoms with Crippen LogP contribution >= 0.6 is 0 Å². The molecule has 3 aromatic rings. The molecule has 0 N–H and O–H groups in total. The van der Waals surface area contributed by atoms with Gasteiger partial charge in [0.25, 0.3) is 0 Å². The molecule has 0 saturated heterocycles. The number of nitriles is 1. The van der Waals surface area contributed by atoms with Crippen molar-refractivity contribution in [2.75, 3.05) is 0 Å². The van der Waals surface area contributed by atoms with Crippen LogP contribution in [-0.2, 0) is 6.54 Å². The van der Waals surface area contributed by atoms with E-state index in [1.54, 1.807) is 0 Å². The van der Waals surface area contributed by atoms with Crippen LogP contribution in [0.1, 0.15) is 11.1 Å². The van der Waals surface area contributed by atoms with E-state index in [0.29, 0.717) is 5.56 Å². The molecule has 2 aromatic carbocycles. The van der Waals surface area contributed by atoms with Crippen molar-refractivity contribution in [1.29, 1.82) is 5.26 Å². The standard InChI is InChI=1S/C19H15N2.BrH/c20-14-16-9-11-17(12-10-16)15-21-13-5-4-8-19(21)18-6-2-1-3-7-18;/h1-13H,15H2;1H/q+1;/p-1. The van der Waals surface area contributed by atoms with Crippen molar-refractivity contribution in [2.45, 2.75) is 6.54 Å². The number of aromatic nitrogens is 1. The second-order valence-electron chi connectivity index (χ2n) is 4.89. The van der Waals surface area contributed by atoms with Crippen LogP contribution in [0, 0.1) is 11.3 Å². The largest absolute Gasteiger partial charge is 1.00 e. The highest BCUT2D eigenvalue weighted by molar-refractivity contribution is 5.55. The summed E-state index contributed by atoms with van der Waals surface area (Å²) in [6, 6.07) is 26.5. The van der Waals surface area contributed by atoms with Gasteiger partial charge >= 0.3 is 0 Å². The molecule has 3 heteroatoms. The molecule has 0 bridgehead atoms. The SMILES string of the molecule is N#Cc1ccc(C[n+]2ccccc2-c2ccccc2)cc1.[Br-]. The Balaban J connectivity index is 0.00000176. The first-order valence-electron chi connectivity index (χ1n) is 6.90. The summed E-state index contributed by atoms with van der Waals surface area (Å²) in [4.78, 5) is 0. The first-order chi connectivity index (χ1) is 10.4. The maximum atomic E-state index is 8.86. The molecule has 0 unspecified atom stereocenters. The minimum Gasteiger partial charge on any atom is -1.00 e. The maximum absolute atomic E-state index is 8.86. The van der Waals surface area contributed by atoms with E-state index >= 15 is 0 Å². The van der Waals surface area contributed by atoms with Gasteiger partial charge in [-0.05, 0) is 30.3 Å². The fourth-order valence-electron chi connectivity index (χ4n) is 2.37. The lowest BCUT2D eigenvalue weighted by Crippen LogP contribution is -3.00. The molecule has 0 aliphatic heterocycles. The van der Waals surface area contributed by atoms with Crippen LogP contribution < -0.4 is 21.5 Å². The molecule has 0 saturated carbocycles. The summed E-state index contributed by atoms with van der Waals surface area (Å²) in [5.41, 5.74) is 4.26. The van der Waals surface area contributed by atoms with E-state index in [2.05, 4.69) is 41.1 Å². The number of hydrogen-bond acceptors (Lipinski definition) is 1. The molecule has 0 spiro atoms. The van der Waals surface area contributed by atoms with Gasteiger partial charge < -0.3 is 17.0 Å². The van der Waals surface area contributed by atoms with Gasteiger partial charge in [0.15, 0.2) is 12.7 Å². The van der Waals surface area contributed by atoms with Crippen LogP contribution in [0.5, 0.6) is 0 Å². The molecular formula is C19H15BrN2. The molecule has 0 aliphatic carbocycles. The van der Waals surface area contributed by atoms with E-state index in [0.717, 1.165) is 6.54 Å². The predicted octanol–water partition coefficient (Wildman–Crippen LogP) is 0.565. The zero-order valence-electron chi connectivity index (χ0n) is 12.0. The second-order valence-corrected chi connectivity index (χ2v) is 4.89. The van der Waals surface area contributed by atoms with Gasteiger partial charge in [0.05, 0.1) is 11.6 Å². The highest BCUT2D eigenvalue weighted by Crippen LogP contribution is 2.14. The molecule has 0 aliphatic rings. The van der Waals surface area contributed by atoms with Gasteiger partial charge in [0.2, 0.25) is 5.69 Å². The van der Waals surface area contributed by atoms with Crippen molar-refractivity contribution in [3.8, 4) is 17.3 Å². The second kappa shape index (κ2) is 7.53. The van der Waals surface area contributed by atoms with Crippen LogP contribution in [0.4, 0.5) is 0 Å². The summed E-state index contributed by atoms with van der Waals surface area (Å²) < 4.78 is 2.22. The van der Waals surface area contributed by atoms with E-state index in [-0.39, 0.29) is 17.0 Å². The van der Waals surface area contributed by atoms with E-state index in [9.17, 15) is 0 Å². The van der Waals surface area contributed by atoms with E-state index in [4.69, 9.17) is 5.26 Å². The number of halogens is 1. The number of benzene rings is 2. The monoisotopic (exact) mass is 350 g/mol. The van der Waals surface area contributed by atoms with Crippen LogP contribution in [0.15, 0.2) is 79.0 Å². The van der Waals surface area contributed by atoms with Crippen molar-refractivity contribution >= 4 is 0 Å². The zero-order valence-corrected chi connectivity index (χ0v) is 13.6. The fourth-order valence-corrected chi connectivity index (χ4v) is 2.37. The average molecular weight is 351 g/mol. The molecule has 1 aromatic heterocycles. The van der Waals surface area contributed by atoms with Gasteiger partial charge in [-0.15, -0.1) is 0 Å². The molecular weight excluding hydrogens is 336 g/mol. The van der Waals surface area contributed by atoms with Gasteiger partial charge in [0.1, 0.15) is 0 Å². The summed E-state index contributed by atoms with van der Waals surface area (Å²) in [5, 5.41) is 8.86. The Morgan fingerprint density at radius 3 is 2.18 bits per heavy atom. The molecule has 0 fully saturated rings. The third kappa shape index (κ3) is 3.60. The zero-order chi connectivity index (χ0) is 14.5. The smallest absolute Gasteiger partial charge is 0.212 e. The van der Waals surface area contributed by atoms with Crippen molar-refractivity contribution in [3.63, 3.8) is 0 Å². The van der Waals surface area contributed by atoms with Gasteiger partial charge in [-0.25, -0.2) is 0 Å². The highest BCUT2D eigenvalue weighted by Gasteiger charge is 2.12. The Morgan fingerprint density at radius 2 is 1.50 bits per heavy atom. The summed E-state index contributed by atoms with van der Waals surface area (Å²) in [6.07, 6.45) is 2.08. The van der Waals surface area contributed by atoms with E-state index < -0.39 is 0 Å². The number of rotatable bonds is 3. The Kier molecular flexibility index (Phi) is 5.46. The summed E-state index contributed by atoms with van der Waals surface area (Å²) in [7, 11) is 0. The number of nitrogens with zero attached hydrogens (tertiary/aromatic N) is 2. The first-order valence-corrected chi connectivity index (χ1v) is 6.90. The summed E-state index contributed by atoms with van der Waals surface area (Å²) >= 11 is 0. The molecule has 0 radical (unpaired) electrons. The van der Waals surface area contributed by atoms with E-state index in [1.807, 2.05) is 48.5 Å². The van der Waals surface area contributed by atoms with Crippen molar-refractivity contribution in [1.82, 2.24) is 0 Å². The minimum absolute atomic E-state index is 0. The Hall–Kier alpha value is -2.44. The van der Waals surface area contributed by atoms with Crippen LogP contribution in [0.25, 0.3) is 11.3 Å². The Labute approximate surface area is 141 Å². The lowest BCUT2D eigenvalue weighted by Gasteiger charge is -2.04. The molecule has 1 heterocycles. The van der Waals surface area contributed by atoms with Crippen molar-refractivity contribution < 1.29 is 21.5 Å². The topological polar surface area (TPSA) is 27.7 Å². The molecule has 2 nitrogen and oxygen atoms in total. The first kappa shape index (κ1) is 15.9. The van der Waals surface area contributed by atoms with Gasteiger partial charge in [-0.2, -0.15) is 9.83 Å². The van der Waals surface area contributed by atoms with E-state index in [1.165, 1.54) is 16.8 Å². The minimum atomic E-state index is 0. The Bertz CT molecular complexity index is 775. The third-order valence-electron chi connectivity index (χ3n) is 3.45. The van der Waals surface area contributed by atoms with Gasteiger partial charge in [-0.1, -0.05) is 30.3 Å². The predicted molar refractivity (Wildman–Crippen MR) is 82.3 cm³/mol. The maximum Gasteiger partial charge on any atom is 0.212 e. The molecule has 108 valence electrons. The summed E-state index contributed by atoms with van der Waals surface area (Å²) in [5.74, 6) is 0. The number of hydrogen-bond donors (Lipinski definition) is 0. The van der Waals surface area contributed by atoms with Crippen LogP contribution in [0.2, 0.25) is 0 Å². The van der Waals surface area contributed by atoms with Crippen LogP contribution in [0.3, 0.4) is 0 Å². The molecule has 3 rings (SSSR count). The normalized spacial score (nSPS) is 9.59. The molecule has 0 atom stereocenters. The van der Waals surface area contributed by atoms with Gasteiger partial charge in [-0.3, -0.25) is 0 Å². The lowest BCUT2D eigenvalue weighted by atomic mass is 10.1.